The third-order valence-corrected chi connectivity index (χ3v) is 4.21. The molecule has 7 nitrogen and oxygen atoms in total. The van der Waals surface area contributed by atoms with Gasteiger partial charge in [-0.05, 0) is 29.8 Å². The molecule has 3 rings (SSSR count). The van der Waals surface area contributed by atoms with E-state index in [9.17, 15) is 4.79 Å². The molecule has 1 aromatic heterocycles. The molecule has 1 aliphatic heterocycles. The molecule has 0 spiro atoms. The Morgan fingerprint density at radius 3 is 2.96 bits per heavy atom. The van der Waals surface area contributed by atoms with E-state index in [-0.39, 0.29) is 5.97 Å². The maximum Gasteiger partial charge on any atom is 0.338 e. The maximum atomic E-state index is 12.7. The summed E-state index contributed by atoms with van der Waals surface area (Å²) in [6.45, 7) is 4.22. The number of allylic oxidation sites excluding steroid dienone is 1. The van der Waals surface area contributed by atoms with E-state index in [4.69, 9.17) is 16.3 Å². The number of unbranched alkanes of at least 4 members (excludes halogenated alkanes) is 1. The standard InChI is InChI=1S/C16H18ClN5O2/c1-3-4-9-24-15(23)13-10(2)18-16-19-20-21-22(16)14(13)11-7-5-6-8-12(11)17/h5-8,14H,3-4,9H2,1-2H3,(H,18,19,21)/t14-/m0/s1. The molecular weight excluding hydrogens is 330 g/mol. The van der Waals surface area contributed by atoms with E-state index in [1.807, 2.05) is 25.1 Å². The van der Waals surface area contributed by atoms with Gasteiger partial charge in [-0.2, -0.15) is 4.68 Å². The Balaban J connectivity index is 2.04. The summed E-state index contributed by atoms with van der Waals surface area (Å²) in [6, 6.07) is 6.81. The first-order chi connectivity index (χ1) is 11.6. The summed E-state index contributed by atoms with van der Waals surface area (Å²) < 4.78 is 6.96. The molecule has 0 bridgehead atoms. The molecule has 1 aliphatic rings. The Morgan fingerprint density at radius 2 is 2.21 bits per heavy atom. The van der Waals surface area contributed by atoms with Crippen molar-refractivity contribution in [2.45, 2.75) is 32.7 Å². The third-order valence-electron chi connectivity index (χ3n) is 3.86. The van der Waals surface area contributed by atoms with Crippen LogP contribution in [0.25, 0.3) is 0 Å². The van der Waals surface area contributed by atoms with E-state index in [0.29, 0.717) is 28.8 Å². The van der Waals surface area contributed by atoms with Crippen LogP contribution in [0.2, 0.25) is 5.02 Å². The molecule has 24 heavy (non-hydrogen) atoms. The van der Waals surface area contributed by atoms with Gasteiger partial charge in [-0.25, -0.2) is 4.79 Å². The van der Waals surface area contributed by atoms with E-state index in [2.05, 4.69) is 20.8 Å². The average molecular weight is 348 g/mol. The van der Waals surface area contributed by atoms with Crippen LogP contribution in [0.1, 0.15) is 38.3 Å². The van der Waals surface area contributed by atoms with E-state index in [1.54, 1.807) is 17.7 Å². The summed E-state index contributed by atoms with van der Waals surface area (Å²) in [7, 11) is 0. The van der Waals surface area contributed by atoms with Crippen molar-refractivity contribution < 1.29 is 9.53 Å². The van der Waals surface area contributed by atoms with Gasteiger partial charge in [0.25, 0.3) is 0 Å². The smallest absolute Gasteiger partial charge is 0.338 e. The number of hydrogen-bond acceptors (Lipinski definition) is 6. The number of aromatic nitrogens is 4. The number of halogens is 1. The van der Waals surface area contributed by atoms with Crippen molar-refractivity contribution >= 4 is 23.5 Å². The summed E-state index contributed by atoms with van der Waals surface area (Å²) in [5.41, 5.74) is 1.86. The summed E-state index contributed by atoms with van der Waals surface area (Å²) in [5, 5.41) is 15.2. The fourth-order valence-corrected chi connectivity index (χ4v) is 2.89. The van der Waals surface area contributed by atoms with Crippen molar-refractivity contribution in [1.29, 1.82) is 0 Å². The lowest BCUT2D eigenvalue weighted by molar-refractivity contribution is -0.139. The maximum absolute atomic E-state index is 12.7. The predicted molar refractivity (Wildman–Crippen MR) is 89.6 cm³/mol. The molecule has 2 heterocycles. The molecular formula is C16H18ClN5O2. The zero-order valence-corrected chi connectivity index (χ0v) is 14.2. The van der Waals surface area contributed by atoms with Crippen LogP contribution in [0.15, 0.2) is 35.5 Å². The first kappa shape index (κ1) is 16.4. The van der Waals surface area contributed by atoms with Crippen LogP contribution in [-0.4, -0.2) is 32.8 Å². The number of anilines is 1. The summed E-state index contributed by atoms with van der Waals surface area (Å²) in [6.07, 6.45) is 1.77. The van der Waals surface area contributed by atoms with Crippen molar-refractivity contribution in [3.63, 3.8) is 0 Å². The van der Waals surface area contributed by atoms with E-state index < -0.39 is 6.04 Å². The van der Waals surface area contributed by atoms with E-state index >= 15 is 0 Å². The van der Waals surface area contributed by atoms with Gasteiger partial charge >= 0.3 is 5.97 Å². The van der Waals surface area contributed by atoms with Crippen LogP contribution in [0.4, 0.5) is 5.95 Å². The van der Waals surface area contributed by atoms with Crippen molar-refractivity contribution in [3.05, 3.63) is 46.1 Å². The van der Waals surface area contributed by atoms with Gasteiger partial charge in [0.15, 0.2) is 0 Å². The van der Waals surface area contributed by atoms with Gasteiger partial charge in [0, 0.05) is 16.3 Å². The minimum Gasteiger partial charge on any atom is -0.462 e. The zero-order chi connectivity index (χ0) is 17.1. The Morgan fingerprint density at radius 1 is 1.42 bits per heavy atom. The number of carbonyl (C=O) groups excluding carboxylic acids is 1. The molecule has 0 unspecified atom stereocenters. The Hall–Kier alpha value is -2.41. The van der Waals surface area contributed by atoms with E-state index in [1.165, 1.54) is 0 Å². The monoisotopic (exact) mass is 347 g/mol. The number of nitrogens with zero attached hydrogens (tertiary/aromatic N) is 4. The second-order valence-corrected chi connectivity index (χ2v) is 5.93. The topological polar surface area (TPSA) is 81.9 Å². The van der Waals surface area contributed by atoms with Crippen LogP contribution < -0.4 is 5.32 Å². The van der Waals surface area contributed by atoms with Gasteiger partial charge in [-0.15, -0.1) is 0 Å². The molecule has 1 atom stereocenters. The first-order valence-corrected chi connectivity index (χ1v) is 8.18. The minimum atomic E-state index is -0.529. The zero-order valence-electron chi connectivity index (χ0n) is 13.5. The summed E-state index contributed by atoms with van der Waals surface area (Å²) >= 11 is 6.36. The number of hydrogen-bond donors (Lipinski definition) is 1. The molecule has 1 aromatic carbocycles. The average Bonchev–Trinajstić information content (AvgIpc) is 3.02. The number of benzene rings is 1. The molecule has 0 radical (unpaired) electrons. The highest BCUT2D eigenvalue weighted by Crippen LogP contribution is 2.37. The molecule has 0 saturated heterocycles. The first-order valence-electron chi connectivity index (χ1n) is 7.80. The number of nitrogens with one attached hydrogen (secondary N) is 1. The fourth-order valence-electron chi connectivity index (χ4n) is 2.65. The van der Waals surface area contributed by atoms with Crippen LogP contribution in [0, 0.1) is 0 Å². The molecule has 0 fully saturated rings. The molecule has 0 amide bonds. The molecule has 0 aliphatic carbocycles. The Bertz CT molecular complexity index is 786. The second-order valence-electron chi connectivity index (χ2n) is 5.52. The normalized spacial score (nSPS) is 16.5. The number of tetrazole rings is 1. The lowest BCUT2D eigenvalue weighted by Gasteiger charge is -2.27. The molecule has 0 saturated carbocycles. The van der Waals surface area contributed by atoms with Crippen molar-refractivity contribution in [2.24, 2.45) is 0 Å². The van der Waals surface area contributed by atoms with E-state index in [0.717, 1.165) is 18.4 Å². The predicted octanol–water partition coefficient (Wildman–Crippen LogP) is 2.96. The largest absolute Gasteiger partial charge is 0.462 e. The van der Waals surface area contributed by atoms with Crippen molar-refractivity contribution in [2.75, 3.05) is 11.9 Å². The quantitative estimate of drug-likeness (QED) is 0.661. The minimum absolute atomic E-state index is 0.379. The van der Waals surface area contributed by atoms with Crippen molar-refractivity contribution in [1.82, 2.24) is 20.2 Å². The lowest BCUT2D eigenvalue weighted by Crippen LogP contribution is -2.30. The van der Waals surface area contributed by atoms with Gasteiger partial charge in [0.1, 0.15) is 6.04 Å². The molecule has 2 aromatic rings. The molecule has 8 heteroatoms. The number of fused-ring (bicyclic) bond motifs is 1. The van der Waals surface area contributed by atoms with Crippen LogP contribution in [0.3, 0.4) is 0 Å². The van der Waals surface area contributed by atoms with Gasteiger partial charge < -0.3 is 10.1 Å². The highest BCUT2D eigenvalue weighted by atomic mass is 35.5. The highest BCUT2D eigenvalue weighted by molar-refractivity contribution is 6.31. The number of rotatable bonds is 5. The van der Waals surface area contributed by atoms with Crippen molar-refractivity contribution in [3.8, 4) is 0 Å². The van der Waals surface area contributed by atoms with Crippen LogP contribution in [0.5, 0.6) is 0 Å². The number of esters is 1. The molecule has 1 N–H and O–H groups in total. The van der Waals surface area contributed by atoms with Crippen LogP contribution in [-0.2, 0) is 9.53 Å². The Labute approximate surface area is 144 Å². The van der Waals surface area contributed by atoms with Gasteiger partial charge in [-0.1, -0.05) is 48.2 Å². The summed E-state index contributed by atoms with van der Waals surface area (Å²) in [4.78, 5) is 12.7. The highest BCUT2D eigenvalue weighted by Gasteiger charge is 2.35. The fraction of sp³-hybridized carbons (Fsp3) is 0.375. The van der Waals surface area contributed by atoms with Gasteiger partial charge in [0.05, 0.1) is 12.2 Å². The van der Waals surface area contributed by atoms with Gasteiger partial charge in [-0.3, -0.25) is 0 Å². The lowest BCUT2D eigenvalue weighted by atomic mass is 9.96. The van der Waals surface area contributed by atoms with Gasteiger partial charge in [0.2, 0.25) is 5.95 Å². The number of ether oxygens (including phenoxy) is 1. The summed E-state index contributed by atoms with van der Waals surface area (Å²) in [5.74, 6) is 0.0713. The SMILES string of the molecule is CCCCOC(=O)C1=C(C)Nc2nnnn2[C@H]1c1ccccc1Cl. The second kappa shape index (κ2) is 7.00. The Kier molecular flexibility index (Phi) is 4.80. The molecule has 126 valence electrons. The van der Waals surface area contributed by atoms with Crippen LogP contribution >= 0.6 is 11.6 Å². The third kappa shape index (κ3) is 2.99. The number of carbonyl (C=O) groups is 1.